The van der Waals surface area contributed by atoms with Crippen molar-refractivity contribution in [3.05, 3.63) is 96.3 Å². The van der Waals surface area contributed by atoms with E-state index < -0.39 is 0 Å². The monoisotopic (exact) mass is 400 g/mol. The first-order valence-corrected chi connectivity index (χ1v) is 10.8. The minimum atomic E-state index is -0.215. The first-order chi connectivity index (χ1) is 14.7. The topological polar surface area (TPSA) is 9.23 Å². The average molecular weight is 401 g/mol. The molecule has 3 aromatic rings. The molecule has 4 rings (SSSR count). The molecule has 30 heavy (non-hydrogen) atoms. The number of methoxy groups -OCH3 is 1. The summed E-state index contributed by atoms with van der Waals surface area (Å²) in [6.45, 7) is 4.36. The van der Waals surface area contributed by atoms with E-state index >= 15 is 0 Å². The van der Waals surface area contributed by atoms with E-state index in [9.17, 15) is 4.39 Å². The highest BCUT2D eigenvalue weighted by Crippen LogP contribution is 2.37. The fourth-order valence-corrected chi connectivity index (χ4v) is 4.53. The molecule has 1 nitrogen and oxygen atoms in total. The Balaban J connectivity index is 1.47. The molecular weight excluding hydrogens is 371 g/mol. The molecule has 0 heterocycles. The molecule has 0 N–H and O–H groups in total. The SMILES string of the molecule is C=C[C@H]1CC[C@H](c2ccc(-c3ccc(-c4ccc(COC)cc4F)cc3)cc2)CC1. The number of allylic oxidation sites excluding steroid dienone is 1. The van der Waals surface area contributed by atoms with Crippen molar-refractivity contribution >= 4 is 0 Å². The van der Waals surface area contributed by atoms with Crippen LogP contribution in [0, 0.1) is 11.7 Å². The maximum Gasteiger partial charge on any atom is 0.131 e. The van der Waals surface area contributed by atoms with Gasteiger partial charge in [0.15, 0.2) is 0 Å². The molecule has 0 aromatic heterocycles. The molecule has 1 aliphatic carbocycles. The summed E-state index contributed by atoms with van der Waals surface area (Å²) in [7, 11) is 1.62. The summed E-state index contributed by atoms with van der Waals surface area (Å²) in [5.41, 5.74) is 6.13. The Bertz CT molecular complexity index is 980. The summed E-state index contributed by atoms with van der Waals surface area (Å²) >= 11 is 0. The Morgan fingerprint density at radius 3 is 2.03 bits per heavy atom. The average Bonchev–Trinajstić information content (AvgIpc) is 2.80. The van der Waals surface area contributed by atoms with Crippen molar-refractivity contribution in [2.75, 3.05) is 7.11 Å². The van der Waals surface area contributed by atoms with Crippen LogP contribution in [0.2, 0.25) is 0 Å². The highest BCUT2D eigenvalue weighted by molar-refractivity contribution is 5.71. The van der Waals surface area contributed by atoms with E-state index in [-0.39, 0.29) is 5.82 Å². The second-order valence-corrected chi connectivity index (χ2v) is 8.29. The van der Waals surface area contributed by atoms with Crippen LogP contribution in [0.1, 0.15) is 42.7 Å². The third-order valence-corrected chi connectivity index (χ3v) is 6.36. The molecule has 0 radical (unpaired) electrons. The summed E-state index contributed by atoms with van der Waals surface area (Å²) in [4.78, 5) is 0. The molecule has 0 saturated heterocycles. The van der Waals surface area contributed by atoms with Crippen LogP contribution in [0.3, 0.4) is 0 Å². The van der Waals surface area contributed by atoms with Gasteiger partial charge in [0.2, 0.25) is 0 Å². The fourth-order valence-electron chi connectivity index (χ4n) is 4.53. The summed E-state index contributed by atoms with van der Waals surface area (Å²) in [6.07, 6.45) is 7.11. The summed E-state index contributed by atoms with van der Waals surface area (Å²) in [5.74, 6) is 1.15. The standard InChI is InChI=1S/C28H29FO/c1-3-20-4-7-22(8-5-20)23-9-11-24(12-10-23)25-13-15-26(16-14-25)27-17-6-21(19-30-2)18-28(27)29/h3,6,9-18,20,22H,1,4-5,7-8,19H2,2H3/t20-,22-. The van der Waals surface area contributed by atoms with Crippen molar-refractivity contribution in [2.24, 2.45) is 5.92 Å². The predicted octanol–water partition coefficient (Wildman–Crippen LogP) is 7.77. The molecule has 0 aliphatic heterocycles. The smallest absolute Gasteiger partial charge is 0.131 e. The Morgan fingerprint density at radius 2 is 1.47 bits per heavy atom. The van der Waals surface area contributed by atoms with Crippen LogP contribution in [0.4, 0.5) is 4.39 Å². The van der Waals surface area contributed by atoms with E-state index in [4.69, 9.17) is 4.74 Å². The van der Waals surface area contributed by atoms with Gasteiger partial charge in [0, 0.05) is 12.7 Å². The van der Waals surface area contributed by atoms with Crippen LogP contribution in [0.5, 0.6) is 0 Å². The first kappa shape index (κ1) is 20.6. The molecule has 0 unspecified atom stereocenters. The fraction of sp³-hybridized carbons (Fsp3) is 0.286. The molecular formula is C28H29FO. The maximum absolute atomic E-state index is 14.5. The third kappa shape index (κ3) is 4.55. The minimum absolute atomic E-state index is 0.215. The van der Waals surface area contributed by atoms with Gasteiger partial charge in [0.25, 0.3) is 0 Å². The Kier molecular flexibility index (Phi) is 6.44. The number of ether oxygens (including phenoxy) is 1. The molecule has 1 fully saturated rings. The number of halogens is 1. The van der Waals surface area contributed by atoms with Gasteiger partial charge in [-0.25, -0.2) is 4.39 Å². The maximum atomic E-state index is 14.5. The van der Waals surface area contributed by atoms with Gasteiger partial charge >= 0.3 is 0 Å². The van der Waals surface area contributed by atoms with Crippen molar-refractivity contribution in [3.8, 4) is 22.3 Å². The van der Waals surface area contributed by atoms with Crippen molar-refractivity contribution in [3.63, 3.8) is 0 Å². The highest BCUT2D eigenvalue weighted by atomic mass is 19.1. The zero-order valence-corrected chi connectivity index (χ0v) is 17.6. The van der Waals surface area contributed by atoms with Gasteiger partial charge in [-0.15, -0.1) is 6.58 Å². The summed E-state index contributed by atoms with van der Waals surface area (Å²) < 4.78 is 19.6. The highest BCUT2D eigenvalue weighted by Gasteiger charge is 2.20. The molecule has 0 bridgehead atoms. The van der Waals surface area contributed by atoms with E-state index in [0.29, 0.717) is 24.0 Å². The molecule has 0 amide bonds. The van der Waals surface area contributed by atoms with E-state index in [2.05, 4.69) is 49.1 Å². The number of benzene rings is 3. The molecule has 2 heteroatoms. The van der Waals surface area contributed by atoms with Crippen molar-refractivity contribution in [1.82, 2.24) is 0 Å². The first-order valence-electron chi connectivity index (χ1n) is 10.8. The molecule has 1 aliphatic rings. The number of hydrogen-bond donors (Lipinski definition) is 0. The van der Waals surface area contributed by atoms with Gasteiger partial charge in [-0.05, 0) is 71.4 Å². The van der Waals surface area contributed by atoms with Crippen molar-refractivity contribution in [1.29, 1.82) is 0 Å². The molecule has 0 spiro atoms. The van der Waals surface area contributed by atoms with Crippen LogP contribution in [0.15, 0.2) is 79.4 Å². The Morgan fingerprint density at radius 1 is 0.867 bits per heavy atom. The lowest BCUT2D eigenvalue weighted by atomic mass is 9.78. The van der Waals surface area contributed by atoms with Gasteiger partial charge in [0.1, 0.15) is 5.82 Å². The van der Waals surface area contributed by atoms with Gasteiger partial charge in [-0.3, -0.25) is 0 Å². The predicted molar refractivity (Wildman–Crippen MR) is 123 cm³/mol. The van der Waals surface area contributed by atoms with Crippen LogP contribution in [-0.4, -0.2) is 7.11 Å². The lowest BCUT2D eigenvalue weighted by molar-refractivity contribution is 0.184. The zero-order chi connectivity index (χ0) is 20.9. The van der Waals surface area contributed by atoms with Crippen LogP contribution in [0.25, 0.3) is 22.3 Å². The van der Waals surface area contributed by atoms with Crippen LogP contribution in [-0.2, 0) is 11.3 Å². The Hall–Kier alpha value is -2.71. The van der Waals surface area contributed by atoms with Crippen LogP contribution < -0.4 is 0 Å². The van der Waals surface area contributed by atoms with Gasteiger partial charge in [0.05, 0.1) is 6.61 Å². The van der Waals surface area contributed by atoms with Gasteiger partial charge in [-0.2, -0.15) is 0 Å². The lowest BCUT2D eigenvalue weighted by Gasteiger charge is -2.27. The van der Waals surface area contributed by atoms with E-state index in [1.165, 1.54) is 36.8 Å². The lowest BCUT2D eigenvalue weighted by Crippen LogP contribution is -2.11. The zero-order valence-electron chi connectivity index (χ0n) is 17.6. The quantitative estimate of drug-likeness (QED) is 0.384. The van der Waals surface area contributed by atoms with E-state index in [0.717, 1.165) is 16.7 Å². The minimum Gasteiger partial charge on any atom is -0.380 e. The van der Waals surface area contributed by atoms with E-state index in [1.54, 1.807) is 13.2 Å². The third-order valence-electron chi connectivity index (χ3n) is 6.36. The molecule has 3 aromatic carbocycles. The normalized spacial score (nSPS) is 18.9. The van der Waals surface area contributed by atoms with Gasteiger partial charge in [-0.1, -0.05) is 66.7 Å². The molecule has 0 atom stereocenters. The molecule has 154 valence electrons. The molecule has 1 saturated carbocycles. The number of rotatable bonds is 6. The Labute approximate surface area is 179 Å². The largest absolute Gasteiger partial charge is 0.380 e. The second-order valence-electron chi connectivity index (χ2n) is 8.29. The van der Waals surface area contributed by atoms with E-state index in [1.807, 2.05) is 24.3 Å². The summed E-state index contributed by atoms with van der Waals surface area (Å²) in [6, 6.07) is 22.4. The van der Waals surface area contributed by atoms with Crippen LogP contribution >= 0.6 is 0 Å². The van der Waals surface area contributed by atoms with Crippen molar-refractivity contribution in [2.45, 2.75) is 38.2 Å². The second kappa shape index (κ2) is 9.40. The number of hydrogen-bond acceptors (Lipinski definition) is 1. The van der Waals surface area contributed by atoms with Crippen molar-refractivity contribution < 1.29 is 9.13 Å². The van der Waals surface area contributed by atoms with Gasteiger partial charge < -0.3 is 4.74 Å². The summed E-state index contributed by atoms with van der Waals surface area (Å²) in [5, 5.41) is 0.